The lowest BCUT2D eigenvalue weighted by molar-refractivity contribution is 0.0695. The quantitative estimate of drug-likeness (QED) is 0.787. The van der Waals surface area contributed by atoms with Gasteiger partial charge in [0.15, 0.2) is 0 Å². The van der Waals surface area contributed by atoms with Crippen molar-refractivity contribution in [3.8, 4) is 5.69 Å². The molecule has 1 fully saturated rings. The summed E-state index contributed by atoms with van der Waals surface area (Å²) in [4.78, 5) is 23.8. The Morgan fingerprint density at radius 1 is 1.29 bits per heavy atom. The van der Waals surface area contributed by atoms with E-state index in [0.29, 0.717) is 5.52 Å². The van der Waals surface area contributed by atoms with E-state index in [9.17, 15) is 19.1 Å². The standard InChI is InChI=1S/C17H12ClFN2O3/c18-13-14-10(7-12(19)15(13)20-5-1-2-6-20)16(22)11(17(23)24)8-21(14)9-3-4-9/h1-2,5-9H,3-4H2,(H,23,24). The van der Waals surface area contributed by atoms with E-state index < -0.39 is 17.2 Å². The molecule has 2 heterocycles. The van der Waals surface area contributed by atoms with E-state index in [0.717, 1.165) is 18.9 Å². The Labute approximate surface area is 140 Å². The molecule has 5 nitrogen and oxygen atoms in total. The van der Waals surface area contributed by atoms with E-state index in [1.54, 1.807) is 29.1 Å². The minimum Gasteiger partial charge on any atom is -0.477 e. The average molecular weight is 347 g/mol. The summed E-state index contributed by atoms with van der Waals surface area (Å²) in [5.74, 6) is -2.01. The highest BCUT2D eigenvalue weighted by Gasteiger charge is 2.29. The van der Waals surface area contributed by atoms with Crippen LogP contribution in [0.3, 0.4) is 0 Å². The molecule has 0 bridgehead atoms. The SMILES string of the molecule is O=C(O)c1cn(C2CC2)c2c(Cl)c(-n3cccc3)c(F)cc2c1=O. The second kappa shape index (κ2) is 5.21. The van der Waals surface area contributed by atoms with Crippen LogP contribution in [-0.4, -0.2) is 20.2 Å². The van der Waals surface area contributed by atoms with Crippen molar-refractivity contribution in [2.24, 2.45) is 0 Å². The van der Waals surface area contributed by atoms with Crippen molar-refractivity contribution in [3.05, 3.63) is 63.4 Å². The van der Waals surface area contributed by atoms with Crippen LogP contribution in [0.1, 0.15) is 29.2 Å². The van der Waals surface area contributed by atoms with E-state index >= 15 is 0 Å². The summed E-state index contributed by atoms with van der Waals surface area (Å²) < 4.78 is 17.8. The van der Waals surface area contributed by atoms with Gasteiger partial charge < -0.3 is 14.2 Å². The molecule has 0 atom stereocenters. The first-order valence-electron chi connectivity index (χ1n) is 7.42. The molecule has 2 aromatic heterocycles. The number of halogens is 2. The predicted octanol–water partition coefficient (Wildman–Crippen LogP) is 3.62. The summed E-state index contributed by atoms with van der Waals surface area (Å²) >= 11 is 6.45. The van der Waals surface area contributed by atoms with Crippen molar-refractivity contribution < 1.29 is 14.3 Å². The number of carboxylic acids is 1. The molecule has 122 valence electrons. The first-order chi connectivity index (χ1) is 11.5. The molecular formula is C17H12ClFN2O3. The Balaban J connectivity index is 2.15. The number of hydrogen-bond acceptors (Lipinski definition) is 2. The van der Waals surface area contributed by atoms with E-state index in [2.05, 4.69) is 0 Å². The van der Waals surface area contributed by atoms with Gasteiger partial charge in [-0.1, -0.05) is 11.6 Å². The highest BCUT2D eigenvalue weighted by atomic mass is 35.5. The van der Waals surface area contributed by atoms with E-state index in [4.69, 9.17) is 11.6 Å². The Kier molecular flexibility index (Phi) is 3.25. The Hall–Kier alpha value is -2.60. The number of carboxylic acid groups (broad SMARTS) is 1. The molecule has 1 aromatic carbocycles. The fourth-order valence-electron chi connectivity index (χ4n) is 2.94. The monoisotopic (exact) mass is 346 g/mol. The van der Waals surface area contributed by atoms with Crippen LogP contribution in [-0.2, 0) is 0 Å². The van der Waals surface area contributed by atoms with Gasteiger partial charge in [0.25, 0.3) is 0 Å². The summed E-state index contributed by atoms with van der Waals surface area (Å²) in [7, 11) is 0. The van der Waals surface area contributed by atoms with Crippen molar-refractivity contribution in [2.75, 3.05) is 0 Å². The highest BCUT2D eigenvalue weighted by Crippen LogP contribution is 2.40. The van der Waals surface area contributed by atoms with Gasteiger partial charge in [0, 0.05) is 24.6 Å². The molecule has 4 rings (SSSR count). The maximum Gasteiger partial charge on any atom is 0.341 e. The lowest BCUT2D eigenvalue weighted by atomic mass is 10.1. The lowest BCUT2D eigenvalue weighted by Crippen LogP contribution is -2.19. The van der Waals surface area contributed by atoms with Crippen molar-refractivity contribution in [1.82, 2.24) is 9.13 Å². The van der Waals surface area contributed by atoms with E-state index in [1.165, 1.54) is 10.8 Å². The van der Waals surface area contributed by atoms with Crippen molar-refractivity contribution >= 4 is 28.5 Å². The Morgan fingerprint density at radius 3 is 2.54 bits per heavy atom. The van der Waals surface area contributed by atoms with Crippen LogP contribution in [0.25, 0.3) is 16.6 Å². The number of aromatic nitrogens is 2. The summed E-state index contributed by atoms with van der Waals surface area (Å²) in [6.45, 7) is 0. The van der Waals surface area contributed by atoms with Gasteiger partial charge in [0.05, 0.1) is 15.9 Å². The van der Waals surface area contributed by atoms with E-state index in [-0.39, 0.29) is 27.7 Å². The number of benzene rings is 1. The number of rotatable bonds is 3. The maximum absolute atomic E-state index is 14.6. The number of carbonyl (C=O) groups is 1. The van der Waals surface area contributed by atoms with Crippen molar-refractivity contribution in [2.45, 2.75) is 18.9 Å². The first-order valence-corrected chi connectivity index (χ1v) is 7.80. The van der Waals surface area contributed by atoms with Gasteiger partial charge in [-0.05, 0) is 31.0 Å². The molecule has 0 aliphatic heterocycles. The Morgan fingerprint density at radius 2 is 1.96 bits per heavy atom. The molecule has 0 spiro atoms. The summed E-state index contributed by atoms with van der Waals surface area (Å²) in [6, 6.07) is 4.62. The van der Waals surface area contributed by atoms with Gasteiger partial charge in [-0.2, -0.15) is 0 Å². The van der Waals surface area contributed by atoms with Crippen LogP contribution in [0.4, 0.5) is 4.39 Å². The number of hydrogen-bond donors (Lipinski definition) is 1. The molecule has 1 aliphatic rings. The molecule has 1 N–H and O–H groups in total. The van der Waals surface area contributed by atoms with Crippen LogP contribution in [0.15, 0.2) is 41.6 Å². The smallest absolute Gasteiger partial charge is 0.341 e. The molecule has 0 amide bonds. The summed E-state index contributed by atoms with van der Waals surface area (Å²) in [5, 5.41) is 9.34. The van der Waals surface area contributed by atoms with Crippen molar-refractivity contribution in [3.63, 3.8) is 0 Å². The molecule has 3 aromatic rings. The normalized spacial score (nSPS) is 14.2. The zero-order valence-corrected chi connectivity index (χ0v) is 13.1. The van der Waals surface area contributed by atoms with Crippen LogP contribution in [0.2, 0.25) is 5.02 Å². The van der Waals surface area contributed by atoms with E-state index in [1.807, 2.05) is 0 Å². The highest BCUT2D eigenvalue weighted by molar-refractivity contribution is 6.37. The van der Waals surface area contributed by atoms with Gasteiger partial charge in [0.2, 0.25) is 5.43 Å². The number of pyridine rings is 1. The third kappa shape index (κ3) is 2.14. The fraction of sp³-hybridized carbons (Fsp3) is 0.176. The number of fused-ring (bicyclic) bond motifs is 1. The second-order valence-electron chi connectivity index (χ2n) is 5.82. The minimum absolute atomic E-state index is 0.0137. The zero-order chi connectivity index (χ0) is 17.0. The van der Waals surface area contributed by atoms with Crippen LogP contribution in [0.5, 0.6) is 0 Å². The summed E-state index contributed by atoms with van der Waals surface area (Å²) in [5.41, 5.74) is -0.585. The molecule has 0 unspecified atom stereocenters. The largest absolute Gasteiger partial charge is 0.477 e. The number of nitrogens with zero attached hydrogens (tertiary/aromatic N) is 2. The third-order valence-corrected chi connectivity index (χ3v) is 4.58. The molecule has 1 aliphatic carbocycles. The van der Waals surface area contributed by atoms with Crippen molar-refractivity contribution in [1.29, 1.82) is 0 Å². The molecule has 0 radical (unpaired) electrons. The maximum atomic E-state index is 14.6. The number of aromatic carboxylic acids is 1. The second-order valence-corrected chi connectivity index (χ2v) is 6.20. The molecule has 7 heteroatoms. The summed E-state index contributed by atoms with van der Waals surface area (Å²) in [6.07, 6.45) is 6.35. The van der Waals surface area contributed by atoms with Crippen LogP contribution >= 0.6 is 11.6 Å². The topological polar surface area (TPSA) is 64.2 Å². The average Bonchev–Trinajstić information content (AvgIpc) is 3.24. The fourth-order valence-corrected chi connectivity index (χ4v) is 3.33. The molecule has 0 saturated heterocycles. The van der Waals surface area contributed by atoms with Crippen LogP contribution < -0.4 is 5.43 Å². The van der Waals surface area contributed by atoms with Gasteiger partial charge in [-0.3, -0.25) is 4.79 Å². The molecule has 1 saturated carbocycles. The van der Waals surface area contributed by atoms with Crippen LogP contribution in [0, 0.1) is 5.82 Å². The molecular weight excluding hydrogens is 335 g/mol. The van der Waals surface area contributed by atoms with Gasteiger partial charge in [0.1, 0.15) is 17.1 Å². The lowest BCUT2D eigenvalue weighted by Gasteiger charge is -2.16. The van der Waals surface area contributed by atoms with Gasteiger partial charge in [-0.25, -0.2) is 9.18 Å². The predicted molar refractivity (Wildman–Crippen MR) is 87.7 cm³/mol. The van der Waals surface area contributed by atoms with Gasteiger partial charge in [-0.15, -0.1) is 0 Å². The van der Waals surface area contributed by atoms with Gasteiger partial charge >= 0.3 is 5.97 Å². The Bertz CT molecular complexity index is 1040. The first kappa shape index (κ1) is 15.0. The zero-order valence-electron chi connectivity index (χ0n) is 12.4. The minimum atomic E-state index is -1.33. The molecule has 24 heavy (non-hydrogen) atoms. The third-order valence-electron chi connectivity index (χ3n) is 4.22.